The molecule has 1 amide bonds. The van der Waals surface area contributed by atoms with E-state index in [-0.39, 0.29) is 35.6 Å². The molecule has 4 heterocycles. The number of rotatable bonds is 6. The Hall–Kier alpha value is -4.01. The molecule has 1 aliphatic rings. The highest BCUT2D eigenvalue weighted by atomic mass is 19.1. The number of halogens is 1. The monoisotopic (exact) mass is 458 g/mol. The van der Waals surface area contributed by atoms with E-state index in [0.717, 1.165) is 0 Å². The summed E-state index contributed by atoms with van der Waals surface area (Å²) in [5.74, 6) is -0.201. The molecule has 172 valence electrons. The normalized spacial score (nSPS) is 14.3. The van der Waals surface area contributed by atoms with E-state index in [1.807, 2.05) is 13.0 Å². The molecular weight excluding hydrogens is 435 g/mol. The van der Waals surface area contributed by atoms with Crippen molar-refractivity contribution in [3.63, 3.8) is 0 Å². The average molecular weight is 458 g/mol. The minimum absolute atomic E-state index is 0.153. The fourth-order valence-corrected chi connectivity index (χ4v) is 4.25. The van der Waals surface area contributed by atoms with Gasteiger partial charge in [0.2, 0.25) is 5.91 Å². The van der Waals surface area contributed by atoms with Crippen LogP contribution in [0.3, 0.4) is 0 Å². The maximum Gasteiger partial charge on any atom is 0.235 e. The van der Waals surface area contributed by atoms with Crippen LogP contribution in [-0.4, -0.2) is 36.4 Å². The number of hydrogen-bond acceptors (Lipinski definition) is 6. The summed E-state index contributed by atoms with van der Waals surface area (Å²) in [4.78, 5) is 39.3. The largest absolute Gasteiger partial charge is 0.310 e. The molecule has 9 heteroatoms. The van der Waals surface area contributed by atoms with Gasteiger partial charge in [0.05, 0.1) is 17.3 Å². The first-order valence-corrected chi connectivity index (χ1v) is 11.1. The maximum absolute atomic E-state index is 14.3. The van der Waals surface area contributed by atoms with Gasteiger partial charge in [-0.25, -0.2) is 24.0 Å². The third kappa shape index (κ3) is 3.44. The quantitative estimate of drug-likeness (QED) is 0.433. The Morgan fingerprint density at radius 3 is 2.71 bits per heavy atom. The molecule has 0 unspecified atom stereocenters. The van der Waals surface area contributed by atoms with E-state index in [1.165, 1.54) is 6.07 Å². The molecule has 0 aliphatic carbocycles. The molecule has 8 nitrogen and oxygen atoms in total. The van der Waals surface area contributed by atoms with Gasteiger partial charge in [-0.2, -0.15) is 5.10 Å². The zero-order chi connectivity index (χ0) is 24.0. The number of amides is 1. The minimum Gasteiger partial charge on any atom is -0.310 e. The van der Waals surface area contributed by atoms with Gasteiger partial charge in [0.1, 0.15) is 23.0 Å². The van der Waals surface area contributed by atoms with E-state index in [1.54, 1.807) is 49.0 Å². The summed E-state index contributed by atoms with van der Waals surface area (Å²) in [6.45, 7) is 5.58. The fourth-order valence-electron chi connectivity index (χ4n) is 4.25. The number of carbonyl (C=O) groups excluding carboxylic acids is 2. The number of anilines is 1. The van der Waals surface area contributed by atoms with Gasteiger partial charge in [-0.15, -0.1) is 0 Å². The number of aromatic nitrogens is 5. The molecule has 0 saturated heterocycles. The number of nitrogens with zero attached hydrogens (tertiary/aromatic N) is 5. The molecule has 1 aliphatic heterocycles. The van der Waals surface area contributed by atoms with E-state index in [9.17, 15) is 14.0 Å². The molecule has 5 rings (SSSR count). The summed E-state index contributed by atoms with van der Waals surface area (Å²) >= 11 is 0. The van der Waals surface area contributed by atoms with Crippen molar-refractivity contribution in [1.29, 1.82) is 0 Å². The molecule has 0 fully saturated rings. The first-order valence-electron chi connectivity index (χ1n) is 11.1. The summed E-state index contributed by atoms with van der Waals surface area (Å²) in [5, 5.41) is 8.12. The van der Waals surface area contributed by atoms with E-state index >= 15 is 0 Å². The highest BCUT2D eigenvalue weighted by Gasteiger charge is 2.43. The van der Waals surface area contributed by atoms with Gasteiger partial charge < -0.3 is 5.32 Å². The third-order valence-electron chi connectivity index (χ3n) is 6.07. The molecule has 1 aromatic carbocycles. The van der Waals surface area contributed by atoms with E-state index in [4.69, 9.17) is 0 Å². The Labute approximate surface area is 195 Å². The van der Waals surface area contributed by atoms with Gasteiger partial charge in [0, 0.05) is 23.7 Å². The summed E-state index contributed by atoms with van der Waals surface area (Å²) in [6.07, 6.45) is 2.59. The molecule has 0 radical (unpaired) electrons. The maximum atomic E-state index is 14.3. The lowest BCUT2D eigenvalue weighted by molar-refractivity contribution is -0.119. The zero-order valence-electron chi connectivity index (χ0n) is 19.1. The van der Waals surface area contributed by atoms with Crippen LogP contribution in [0.1, 0.15) is 55.2 Å². The summed E-state index contributed by atoms with van der Waals surface area (Å²) in [5.41, 5.74) is 1.22. The van der Waals surface area contributed by atoms with E-state index in [2.05, 4.69) is 25.4 Å². The number of hydrogen-bond donors (Lipinski definition) is 1. The Morgan fingerprint density at radius 2 is 1.94 bits per heavy atom. The van der Waals surface area contributed by atoms with Crippen molar-refractivity contribution >= 4 is 28.5 Å². The van der Waals surface area contributed by atoms with Gasteiger partial charge in [0.15, 0.2) is 17.3 Å². The van der Waals surface area contributed by atoms with Crippen LogP contribution < -0.4 is 5.32 Å². The lowest BCUT2D eigenvalue weighted by Crippen LogP contribution is -2.28. The SMILES string of the molecule is CCCC(=O)c1nc(-c2nn(Cc3ccccc3F)c3ncccc23)nc2c1C(C)(C)C(=O)N2. The lowest BCUT2D eigenvalue weighted by Gasteiger charge is -2.17. The molecule has 0 saturated carbocycles. The molecule has 4 aromatic rings. The molecule has 0 spiro atoms. The van der Waals surface area contributed by atoms with Crippen LogP contribution in [0.5, 0.6) is 0 Å². The van der Waals surface area contributed by atoms with Gasteiger partial charge in [-0.1, -0.05) is 25.1 Å². The second-order valence-corrected chi connectivity index (χ2v) is 8.84. The molecule has 34 heavy (non-hydrogen) atoms. The Morgan fingerprint density at radius 1 is 1.15 bits per heavy atom. The van der Waals surface area contributed by atoms with Gasteiger partial charge in [0.25, 0.3) is 0 Å². The van der Waals surface area contributed by atoms with Crippen LogP contribution in [-0.2, 0) is 16.8 Å². The zero-order valence-corrected chi connectivity index (χ0v) is 19.1. The smallest absolute Gasteiger partial charge is 0.235 e. The summed E-state index contributed by atoms with van der Waals surface area (Å²) in [7, 11) is 0. The standard InChI is InChI=1S/C25H23FN6O2/c1-4-8-17(33)20-18-21(30-24(34)25(18,2)3)29-22(28-20)19-15-10-7-12-27-23(15)32(31-19)13-14-9-5-6-11-16(14)26/h5-7,9-12H,4,8,13H2,1-3H3,(H,28,29,30,34). The van der Waals surface area contributed by atoms with Crippen LogP contribution in [0.4, 0.5) is 10.2 Å². The van der Waals surface area contributed by atoms with E-state index < -0.39 is 5.41 Å². The second-order valence-electron chi connectivity index (χ2n) is 8.84. The Bertz CT molecular complexity index is 1460. The van der Waals surface area contributed by atoms with Crippen LogP contribution in [0.25, 0.3) is 22.6 Å². The average Bonchev–Trinajstić information content (AvgIpc) is 3.29. The highest BCUT2D eigenvalue weighted by Crippen LogP contribution is 2.40. The number of Topliss-reactive ketones (excluding diaryl/α,β-unsaturated/α-hetero) is 1. The predicted molar refractivity (Wildman–Crippen MR) is 125 cm³/mol. The molecular formula is C25H23FN6O2. The topological polar surface area (TPSA) is 103 Å². The lowest BCUT2D eigenvalue weighted by atomic mass is 9.84. The van der Waals surface area contributed by atoms with Crippen LogP contribution in [0.2, 0.25) is 0 Å². The van der Waals surface area contributed by atoms with Crippen LogP contribution >= 0.6 is 0 Å². The van der Waals surface area contributed by atoms with Gasteiger partial charge in [-0.05, 0) is 38.5 Å². The van der Waals surface area contributed by atoms with Crippen molar-refractivity contribution in [2.24, 2.45) is 0 Å². The number of ketones is 1. The Balaban J connectivity index is 1.70. The first-order chi connectivity index (χ1) is 16.3. The van der Waals surface area contributed by atoms with Gasteiger partial charge >= 0.3 is 0 Å². The predicted octanol–water partition coefficient (Wildman–Crippen LogP) is 4.29. The third-order valence-corrected chi connectivity index (χ3v) is 6.07. The molecule has 3 aromatic heterocycles. The number of benzene rings is 1. The molecule has 0 atom stereocenters. The van der Waals surface area contributed by atoms with Crippen molar-refractivity contribution < 1.29 is 14.0 Å². The highest BCUT2D eigenvalue weighted by molar-refractivity contribution is 6.09. The summed E-state index contributed by atoms with van der Waals surface area (Å²) < 4.78 is 15.9. The van der Waals surface area contributed by atoms with Crippen LogP contribution in [0, 0.1) is 5.82 Å². The summed E-state index contributed by atoms with van der Waals surface area (Å²) in [6, 6.07) is 10.1. The van der Waals surface area contributed by atoms with Crippen molar-refractivity contribution in [2.45, 2.75) is 45.6 Å². The number of fused-ring (bicyclic) bond motifs is 2. The minimum atomic E-state index is -0.930. The van der Waals surface area contributed by atoms with Crippen LogP contribution in [0.15, 0.2) is 42.6 Å². The van der Waals surface area contributed by atoms with Crippen molar-refractivity contribution in [3.8, 4) is 11.5 Å². The number of carbonyl (C=O) groups is 2. The van der Waals surface area contributed by atoms with Gasteiger partial charge in [-0.3, -0.25) is 9.59 Å². The van der Waals surface area contributed by atoms with E-state index in [0.29, 0.717) is 46.5 Å². The van der Waals surface area contributed by atoms with Crippen molar-refractivity contribution in [2.75, 3.05) is 5.32 Å². The number of pyridine rings is 1. The Kier molecular flexibility index (Phi) is 5.19. The van der Waals surface area contributed by atoms with Crippen molar-refractivity contribution in [3.05, 3.63) is 65.2 Å². The van der Waals surface area contributed by atoms with Crippen molar-refractivity contribution in [1.82, 2.24) is 24.7 Å². The first kappa shape index (κ1) is 21.8. The molecule has 0 bridgehead atoms. The molecule has 1 N–H and O–H groups in total. The number of nitrogens with one attached hydrogen (secondary N) is 1. The fraction of sp³-hybridized carbons (Fsp3) is 0.280. The second kappa shape index (κ2) is 8.09.